The molecule has 1 unspecified atom stereocenters. The average molecular weight is 543 g/mol. The number of nitrogens with one attached hydrogen (secondary N) is 1. The van der Waals surface area contributed by atoms with Crippen LogP contribution in [0.25, 0.3) is 10.9 Å². The lowest BCUT2D eigenvalue weighted by molar-refractivity contribution is 0.0674. The van der Waals surface area contributed by atoms with Gasteiger partial charge in [0.25, 0.3) is 5.91 Å². The normalized spacial score (nSPS) is 23.7. The predicted octanol–water partition coefficient (Wildman–Crippen LogP) is 3.14. The summed E-state index contributed by atoms with van der Waals surface area (Å²) in [6, 6.07) is 12.9. The van der Waals surface area contributed by atoms with Gasteiger partial charge in [0, 0.05) is 62.8 Å². The van der Waals surface area contributed by atoms with Gasteiger partial charge in [-0.1, -0.05) is 6.07 Å². The van der Waals surface area contributed by atoms with Gasteiger partial charge in [-0.15, -0.1) is 0 Å². The van der Waals surface area contributed by atoms with Crippen molar-refractivity contribution in [1.82, 2.24) is 25.1 Å². The van der Waals surface area contributed by atoms with E-state index in [0.29, 0.717) is 12.6 Å². The summed E-state index contributed by atoms with van der Waals surface area (Å²) >= 11 is 0. The van der Waals surface area contributed by atoms with Crippen LogP contribution < -0.4 is 15.0 Å². The molecule has 7 rings (SSSR count). The maximum atomic E-state index is 13.0. The third-order valence-electron chi connectivity index (χ3n) is 8.79. The summed E-state index contributed by atoms with van der Waals surface area (Å²) in [7, 11) is 0. The quantitative estimate of drug-likeness (QED) is 0.509. The molecule has 0 radical (unpaired) electrons. The molecule has 3 fully saturated rings. The highest BCUT2D eigenvalue weighted by molar-refractivity contribution is 5.98. The molecule has 4 aliphatic heterocycles. The Morgan fingerprint density at radius 2 is 1.98 bits per heavy atom. The Bertz CT molecular complexity index is 1400. The first-order valence-corrected chi connectivity index (χ1v) is 14.7. The topological polar surface area (TPSA) is 83.1 Å². The molecule has 5 heterocycles. The number of fused-ring (bicyclic) bond motifs is 2. The molecule has 40 heavy (non-hydrogen) atoms. The molecule has 3 saturated heterocycles. The number of benzene rings is 2. The number of carbonyl (C=O) groups excluding carboxylic acids is 1. The summed E-state index contributed by atoms with van der Waals surface area (Å²) in [5.41, 5.74) is 5.21. The number of morpholine rings is 1. The minimum Gasteiger partial charge on any atom is -0.489 e. The Hall–Kier alpha value is -3.27. The Morgan fingerprint density at radius 1 is 1.07 bits per heavy atom. The van der Waals surface area contributed by atoms with Crippen LogP contribution in [0.15, 0.2) is 36.4 Å². The number of anilines is 1. The molecule has 0 saturated carbocycles. The highest BCUT2D eigenvalue weighted by atomic mass is 16.5. The highest BCUT2D eigenvalue weighted by Crippen LogP contribution is 2.31. The van der Waals surface area contributed by atoms with Crippen LogP contribution in [0.1, 0.15) is 46.4 Å². The molecule has 2 atom stereocenters. The zero-order chi connectivity index (χ0) is 27.1. The molecular weight excluding hydrogens is 504 g/mol. The van der Waals surface area contributed by atoms with Crippen molar-refractivity contribution >= 4 is 22.8 Å². The number of ether oxygens (including phenoxy) is 2. The first kappa shape index (κ1) is 25.7. The average Bonchev–Trinajstić information content (AvgIpc) is 3.57. The largest absolute Gasteiger partial charge is 0.489 e. The molecule has 1 aromatic heterocycles. The number of aromatic nitrogens is 2. The first-order valence-electron chi connectivity index (χ1n) is 14.7. The lowest BCUT2D eigenvalue weighted by Gasteiger charge is -2.31. The van der Waals surface area contributed by atoms with Gasteiger partial charge in [-0.3, -0.25) is 9.69 Å². The molecule has 0 spiro atoms. The number of aryl methyl sites for hydroxylation is 1. The van der Waals surface area contributed by atoms with Crippen molar-refractivity contribution < 1.29 is 14.3 Å². The Kier molecular flexibility index (Phi) is 7.03. The van der Waals surface area contributed by atoms with Crippen LogP contribution in [0.3, 0.4) is 0 Å². The van der Waals surface area contributed by atoms with Gasteiger partial charge in [0.05, 0.1) is 24.4 Å². The summed E-state index contributed by atoms with van der Waals surface area (Å²) < 4.78 is 11.9. The molecule has 1 N–H and O–H groups in total. The minimum absolute atomic E-state index is 0.149. The van der Waals surface area contributed by atoms with Crippen LogP contribution in [0.4, 0.5) is 5.95 Å². The van der Waals surface area contributed by atoms with E-state index in [-0.39, 0.29) is 12.0 Å². The van der Waals surface area contributed by atoms with E-state index < -0.39 is 0 Å². The van der Waals surface area contributed by atoms with Gasteiger partial charge in [-0.25, -0.2) is 9.97 Å². The van der Waals surface area contributed by atoms with Gasteiger partial charge in [0.1, 0.15) is 11.9 Å². The molecular formula is C31H38N6O3. The maximum absolute atomic E-state index is 13.0. The van der Waals surface area contributed by atoms with Crippen molar-refractivity contribution in [3.8, 4) is 5.75 Å². The van der Waals surface area contributed by atoms with E-state index in [1.54, 1.807) is 0 Å². The smallest absolute Gasteiger partial charge is 0.254 e. The number of piperidine rings is 1. The van der Waals surface area contributed by atoms with E-state index in [1.165, 1.54) is 5.56 Å². The SMILES string of the molecule is Cc1nc(N2CCOCC2)nc2ccc(CN3CC[C@H](Oc4ccc5c(c4)CN(C4CCCNC4)C5=O)C3)cc12. The summed E-state index contributed by atoms with van der Waals surface area (Å²) in [6.45, 7) is 10.6. The van der Waals surface area contributed by atoms with Gasteiger partial charge >= 0.3 is 0 Å². The number of rotatable bonds is 6. The van der Waals surface area contributed by atoms with Crippen LogP contribution in [-0.2, 0) is 17.8 Å². The minimum atomic E-state index is 0.149. The van der Waals surface area contributed by atoms with Gasteiger partial charge in [-0.05, 0) is 74.2 Å². The van der Waals surface area contributed by atoms with Crippen LogP contribution in [0.2, 0.25) is 0 Å². The van der Waals surface area contributed by atoms with Crippen molar-refractivity contribution in [3.63, 3.8) is 0 Å². The molecule has 3 aromatic rings. The lowest BCUT2D eigenvalue weighted by Crippen LogP contribution is -2.46. The van der Waals surface area contributed by atoms with Crippen molar-refractivity contribution in [2.75, 3.05) is 57.4 Å². The van der Waals surface area contributed by atoms with E-state index in [0.717, 1.165) is 118 Å². The molecule has 1 amide bonds. The molecule has 0 bridgehead atoms. The van der Waals surface area contributed by atoms with Crippen LogP contribution in [-0.4, -0.2) is 90.3 Å². The Labute approximate surface area is 235 Å². The number of nitrogens with zero attached hydrogens (tertiary/aromatic N) is 5. The van der Waals surface area contributed by atoms with E-state index in [9.17, 15) is 4.79 Å². The Morgan fingerprint density at radius 3 is 2.83 bits per heavy atom. The monoisotopic (exact) mass is 542 g/mol. The number of carbonyl (C=O) groups is 1. The van der Waals surface area contributed by atoms with Gasteiger partial charge in [0.2, 0.25) is 5.95 Å². The molecule has 4 aliphatic rings. The van der Waals surface area contributed by atoms with Gasteiger partial charge < -0.3 is 24.6 Å². The first-order chi connectivity index (χ1) is 19.6. The summed E-state index contributed by atoms with van der Waals surface area (Å²) in [5.74, 6) is 1.84. The van der Waals surface area contributed by atoms with E-state index in [1.807, 2.05) is 17.0 Å². The summed E-state index contributed by atoms with van der Waals surface area (Å²) in [6.07, 6.45) is 3.34. The fraction of sp³-hybridized carbons (Fsp3) is 0.516. The van der Waals surface area contributed by atoms with Crippen molar-refractivity contribution in [2.24, 2.45) is 0 Å². The number of amides is 1. The van der Waals surface area contributed by atoms with Crippen molar-refractivity contribution in [3.05, 3.63) is 58.8 Å². The molecule has 2 aromatic carbocycles. The summed E-state index contributed by atoms with van der Waals surface area (Å²) in [4.78, 5) is 29.4. The fourth-order valence-corrected chi connectivity index (χ4v) is 6.59. The standard InChI is InChI=1S/C31H38N6O3/c1-21-28-15-22(4-7-29(28)34-31(33-21)36-11-13-39-14-12-36)18-35-10-8-26(20-35)40-25-5-6-27-23(16-25)19-37(30(27)38)24-3-2-9-32-17-24/h4-7,15-16,24,26,32H,2-3,8-14,17-20H2,1H3/t24?,26-/m0/s1. The van der Waals surface area contributed by atoms with Crippen LogP contribution in [0, 0.1) is 6.92 Å². The zero-order valence-corrected chi connectivity index (χ0v) is 23.3. The summed E-state index contributed by atoms with van der Waals surface area (Å²) in [5, 5.41) is 4.55. The third kappa shape index (κ3) is 5.13. The Balaban J connectivity index is 0.975. The number of hydrogen-bond donors (Lipinski definition) is 1. The van der Waals surface area contributed by atoms with Crippen molar-refractivity contribution in [1.29, 1.82) is 0 Å². The van der Waals surface area contributed by atoms with Crippen LogP contribution >= 0.6 is 0 Å². The van der Waals surface area contributed by atoms with Gasteiger partial charge in [-0.2, -0.15) is 0 Å². The third-order valence-corrected chi connectivity index (χ3v) is 8.79. The van der Waals surface area contributed by atoms with E-state index >= 15 is 0 Å². The number of likely N-dealkylation sites (tertiary alicyclic amines) is 1. The molecule has 9 heteroatoms. The molecule has 0 aliphatic carbocycles. The van der Waals surface area contributed by atoms with Crippen LogP contribution in [0.5, 0.6) is 5.75 Å². The zero-order valence-electron chi connectivity index (χ0n) is 23.3. The fourth-order valence-electron chi connectivity index (χ4n) is 6.59. The molecule has 9 nitrogen and oxygen atoms in total. The second-order valence-corrected chi connectivity index (χ2v) is 11.6. The van der Waals surface area contributed by atoms with Gasteiger partial charge in [0.15, 0.2) is 0 Å². The van der Waals surface area contributed by atoms with Crippen molar-refractivity contribution in [2.45, 2.75) is 51.4 Å². The van der Waals surface area contributed by atoms with E-state index in [2.05, 4.69) is 46.3 Å². The number of hydrogen-bond acceptors (Lipinski definition) is 8. The predicted molar refractivity (Wildman–Crippen MR) is 154 cm³/mol. The maximum Gasteiger partial charge on any atom is 0.254 e. The highest BCUT2D eigenvalue weighted by Gasteiger charge is 2.34. The second kappa shape index (κ2) is 11.0. The van der Waals surface area contributed by atoms with E-state index in [4.69, 9.17) is 19.4 Å². The molecule has 210 valence electrons. The lowest BCUT2D eigenvalue weighted by atomic mass is 10.1. The second-order valence-electron chi connectivity index (χ2n) is 11.6.